The smallest absolute Gasteiger partial charge is 0.269 e. The van der Waals surface area contributed by atoms with E-state index in [4.69, 9.17) is 0 Å². The van der Waals surface area contributed by atoms with Crippen LogP contribution in [0.3, 0.4) is 0 Å². The summed E-state index contributed by atoms with van der Waals surface area (Å²) in [6.07, 6.45) is 5.40. The molecule has 0 saturated heterocycles. The Bertz CT molecular complexity index is 1270. The topological polar surface area (TPSA) is 104 Å². The number of nitrogens with zero attached hydrogens (tertiary/aromatic N) is 2. The Balaban J connectivity index is 1.53. The number of hydrogen-bond acceptors (Lipinski definition) is 5. The van der Waals surface area contributed by atoms with E-state index in [0.29, 0.717) is 6.42 Å². The zero-order valence-corrected chi connectivity index (χ0v) is 22.3. The Morgan fingerprint density at radius 2 is 1.81 bits per heavy atom. The minimum Gasteiger partial charge on any atom is -0.352 e. The first-order chi connectivity index (χ1) is 17.7. The second-order valence-corrected chi connectivity index (χ2v) is 11.7. The Kier molecular flexibility index (Phi) is 8.32. The van der Waals surface area contributed by atoms with Crippen LogP contribution in [-0.2, 0) is 26.2 Å². The van der Waals surface area contributed by atoms with E-state index in [1.54, 1.807) is 12.1 Å². The van der Waals surface area contributed by atoms with E-state index in [9.17, 15) is 22.8 Å². The molecule has 9 heteroatoms. The standard InChI is InChI=1S/C28H35N3O5S/c1-3-24(27(33)29-22-12-5-4-6-13-22)30(19-21-11-9-10-20(2)18-21)26(32)16-17-31-28(34)23-14-7-8-15-25(23)37(31,35)36/h7-11,14-15,18,22,24H,3-6,12-13,16-17,19H2,1-2H3,(H,29,33). The fraction of sp³-hybridized carbons (Fsp3) is 0.464. The summed E-state index contributed by atoms with van der Waals surface area (Å²) in [7, 11) is -4.01. The van der Waals surface area contributed by atoms with Gasteiger partial charge >= 0.3 is 0 Å². The SMILES string of the molecule is CCC(C(=O)NC1CCCCC1)N(Cc1cccc(C)c1)C(=O)CCN1C(=O)c2ccccc2S1(=O)=O. The molecule has 1 N–H and O–H groups in total. The van der Waals surface area contributed by atoms with Crippen LogP contribution in [0, 0.1) is 6.92 Å². The second kappa shape index (κ2) is 11.5. The van der Waals surface area contributed by atoms with Gasteiger partial charge in [0.25, 0.3) is 15.9 Å². The van der Waals surface area contributed by atoms with Crippen LogP contribution >= 0.6 is 0 Å². The van der Waals surface area contributed by atoms with Crippen LogP contribution in [0.25, 0.3) is 0 Å². The van der Waals surface area contributed by atoms with Crippen molar-refractivity contribution >= 4 is 27.7 Å². The highest BCUT2D eigenvalue weighted by atomic mass is 32.2. The van der Waals surface area contributed by atoms with E-state index in [0.717, 1.165) is 41.1 Å². The lowest BCUT2D eigenvalue weighted by Crippen LogP contribution is -2.52. The third-order valence-electron chi connectivity index (χ3n) is 7.21. The summed E-state index contributed by atoms with van der Waals surface area (Å²) < 4.78 is 26.6. The molecular weight excluding hydrogens is 490 g/mol. The van der Waals surface area contributed by atoms with E-state index in [2.05, 4.69) is 5.32 Å². The van der Waals surface area contributed by atoms with Crippen LogP contribution in [0.15, 0.2) is 53.4 Å². The first-order valence-corrected chi connectivity index (χ1v) is 14.5. The molecule has 3 amide bonds. The van der Waals surface area contributed by atoms with Gasteiger partial charge in [-0.3, -0.25) is 14.4 Å². The Labute approximate surface area is 219 Å². The molecule has 1 heterocycles. The lowest BCUT2D eigenvalue weighted by Gasteiger charge is -2.33. The summed E-state index contributed by atoms with van der Waals surface area (Å²) in [4.78, 5) is 41.2. The molecule has 0 spiro atoms. The molecule has 4 rings (SSSR count). The van der Waals surface area contributed by atoms with Crippen molar-refractivity contribution in [3.63, 3.8) is 0 Å². The average molecular weight is 526 g/mol. The highest BCUT2D eigenvalue weighted by Gasteiger charge is 2.41. The molecule has 2 aromatic carbocycles. The summed E-state index contributed by atoms with van der Waals surface area (Å²) in [6, 6.07) is 13.2. The first kappa shape index (κ1) is 26.9. The maximum Gasteiger partial charge on any atom is 0.269 e. The van der Waals surface area contributed by atoms with E-state index < -0.39 is 22.0 Å². The highest BCUT2D eigenvalue weighted by Crippen LogP contribution is 2.30. The highest BCUT2D eigenvalue weighted by molar-refractivity contribution is 7.90. The van der Waals surface area contributed by atoms with Gasteiger partial charge in [-0.2, -0.15) is 0 Å². The number of carbonyl (C=O) groups is 3. The van der Waals surface area contributed by atoms with Crippen molar-refractivity contribution in [2.24, 2.45) is 0 Å². The summed E-state index contributed by atoms with van der Waals surface area (Å²) in [5.74, 6) is -1.19. The van der Waals surface area contributed by atoms with E-state index in [1.165, 1.54) is 23.5 Å². The largest absolute Gasteiger partial charge is 0.352 e. The molecule has 1 aliphatic carbocycles. The fourth-order valence-corrected chi connectivity index (χ4v) is 6.83. The minimum absolute atomic E-state index is 0.0395. The second-order valence-electron chi connectivity index (χ2n) is 9.91. The average Bonchev–Trinajstić information content (AvgIpc) is 3.08. The monoisotopic (exact) mass is 525 g/mol. The van der Waals surface area contributed by atoms with Gasteiger partial charge in [0.05, 0.1) is 5.56 Å². The van der Waals surface area contributed by atoms with Gasteiger partial charge in [-0.25, -0.2) is 12.7 Å². The molecule has 0 aromatic heterocycles. The minimum atomic E-state index is -4.01. The Morgan fingerprint density at radius 1 is 1.08 bits per heavy atom. The maximum absolute atomic E-state index is 13.6. The van der Waals surface area contributed by atoms with Crippen LogP contribution in [0.5, 0.6) is 0 Å². The molecule has 1 atom stereocenters. The normalized spacial score (nSPS) is 17.8. The predicted molar refractivity (Wildman–Crippen MR) is 140 cm³/mol. The van der Waals surface area contributed by atoms with E-state index in [1.807, 2.05) is 38.1 Å². The number of amides is 3. The summed E-state index contributed by atoms with van der Waals surface area (Å²) >= 11 is 0. The van der Waals surface area contributed by atoms with Crippen LogP contribution < -0.4 is 5.32 Å². The van der Waals surface area contributed by atoms with Crippen molar-refractivity contribution in [2.75, 3.05) is 6.54 Å². The van der Waals surface area contributed by atoms with Crippen LogP contribution in [0.4, 0.5) is 0 Å². The Hall–Kier alpha value is -3.20. The molecule has 198 valence electrons. The van der Waals surface area contributed by atoms with Gasteiger partial charge in [-0.05, 0) is 43.9 Å². The van der Waals surface area contributed by atoms with E-state index in [-0.39, 0.29) is 47.8 Å². The molecule has 8 nitrogen and oxygen atoms in total. The summed E-state index contributed by atoms with van der Waals surface area (Å²) in [6.45, 7) is 3.77. The number of nitrogens with one attached hydrogen (secondary N) is 1. The molecule has 0 radical (unpaired) electrons. The lowest BCUT2D eigenvalue weighted by atomic mass is 9.95. The number of aryl methyl sites for hydroxylation is 1. The van der Waals surface area contributed by atoms with Crippen LogP contribution in [0.1, 0.15) is 73.4 Å². The van der Waals surface area contributed by atoms with Gasteiger partial charge in [-0.1, -0.05) is 68.1 Å². The van der Waals surface area contributed by atoms with Crippen molar-refractivity contribution < 1.29 is 22.8 Å². The quantitative estimate of drug-likeness (QED) is 0.537. The number of benzene rings is 2. The molecule has 1 fully saturated rings. The van der Waals surface area contributed by atoms with Crippen LogP contribution in [-0.4, -0.2) is 54.0 Å². The maximum atomic E-state index is 13.6. The number of fused-ring (bicyclic) bond motifs is 1. The van der Waals surface area contributed by atoms with E-state index >= 15 is 0 Å². The van der Waals surface area contributed by atoms with Crippen LogP contribution in [0.2, 0.25) is 0 Å². The fourth-order valence-electron chi connectivity index (χ4n) is 5.26. The molecule has 1 unspecified atom stereocenters. The van der Waals surface area contributed by atoms with Crippen molar-refractivity contribution in [2.45, 2.75) is 82.3 Å². The molecular formula is C28H35N3O5S. The number of hydrogen-bond donors (Lipinski definition) is 1. The molecule has 1 saturated carbocycles. The molecule has 0 bridgehead atoms. The van der Waals surface area contributed by atoms with Crippen molar-refractivity contribution in [3.05, 3.63) is 65.2 Å². The third kappa shape index (κ3) is 5.87. The summed E-state index contributed by atoms with van der Waals surface area (Å²) in [5, 5.41) is 3.14. The lowest BCUT2D eigenvalue weighted by molar-refractivity contribution is -0.141. The van der Waals surface area contributed by atoms with Gasteiger partial charge in [0.1, 0.15) is 10.9 Å². The van der Waals surface area contributed by atoms with Crippen molar-refractivity contribution in [1.82, 2.24) is 14.5 Å². The molecule has 2 aromatic rings. The van der Waals surface area contributed by atoms with Crippen molar-refractivity contribution in [3.8, 4) is 0 Å². The molecule has 2 aliphatic rings. The first-order valence-electron chi connectivity index (χ1n) is 13.0. The predicted octanol–water partition coefficient (Wildman–Crippen LogP) is 3.79. The van der Waals surface area contributed by atoms with Crippen molar-refractivity contribution in [1.29, 1.82) is 0 Å². The molecule has 37 heavy (non-hydrogen) atoms. The number of sulfonamides is 1. The Morgan fingerprint density at radius 3 is 2.49 bits per heavy atom. The third-order valence-corrected chi connectivity index (χ3v) is 9.05. The van der Waals surface area contributed by atoms with Gasteiger partial charge in [0, 0.05) is 25.6 Å². The molecule has 1 aliphatic heterocycles. The van der Waals surface area contributed by atoms with Gasteiger partial charge in [-0.15, -0.1) is 0 Å². The van der Waals surface area contributed by atoms with Gasteiger partial charge < -0.3 is 10.2 Å². The zero-order valence-electron chi connectivity index (χ0n) is 21.5. The summed E-state index contributed by atoms with van der Waals surface area (Å²) in [5.41, 5.74) is 2.04. The van der Waals surface area contributed by atoms with Gasteiger partial charge in [0.2, 0.25) is 11.8 Å². The zero-order chi connectivity index (χ0) is 26.6. The van der Waals surface area contributed by atoms with Gasteiger partial charge in [0.15, 0.2) is 0 Å². The number of carbonyl (C=O) groups excluding carboxylic acids is 3. The number of rotatable bonds is 9.